The standard InChI is InChI=1S/C30H30ClFN4O4/c1-16(2)40-21-14-29(3,39-5)25-26-30(21,4)27-34-23(17-8-12-20(32)13-9-17)24(18-6-10-19(31)11-7-18)36(27)28(38)35(26)15-22(37)33-25/h6-14,16,23-24H,15H2,1-5H3,(H,33,37). The van der Waals surface area contributed by atoms with E-state index in [1.807, 2.05) is 45.9 Å². The minimum atomic E-state index is -1.05. The van der Waals surface area contributed by atoms with Crippen molar-refractivity contribution in [2.45, 2.75) is 51.5 Å². The number of hydrogen-bond donors (Lipinski definition) is 1. The Morgan fingerprint density at radius 3 is 2.35 bits per heavy atom. The van der Waals surface area contributed by atoms with Gasteiger partial charge in [0.2, 0.25) is 5.91 Å². The van der Waals surface area contributed by atoms with Gasteiger partial charge in [-0.15, -0.1) is 0 Å². The van der Waals surface area contributed by atoms with Gasteiger partial charge in [0, 0.05) is 12.1 Å². The maximum atomic E-state index is 14.4. The van der Waals surface area contributed by atoms with Gasteiger partial charge in [0.25, 0.3) is 0 Å². The maximum Gasteiger partial charge on any atom is 0.330 e. The molecule has 1 fully saturated rings. The number of rotatable bonds is 5. The number of nitrogens with zero attached hydrogens (tertiary/aromatic N) is 3. The molecule has 4 atom stereocenters. The topological polar surface area (TPSA) is 83.5 Å². The lowest BCUT2D eigenvalue weighted by atomic mass is 9.71. The Hall–Kier alpha value is -3.69. The molecular formula is C30H30ClFN4O4. The number of ether oxygens (including phenoxy) is 2. The van der Waals surface area contributed by atoms with Gasteiger partial charge in [-0.05, 0) is 69.2 Å². The van der Waals surface area contributed by atoms with Gasteiger partial charge in [-0.25, -0.2) is 9.18 Å². The fraction of sp³-hybridized carbons (Fsp3) is 0.367. The average molecular weight is 565 g/mol. The van der Waals surface area contributed by atoms with Gasteiger partial charge in [0.1, 0.15) is 41.0 Å². The van der Waals surface area contributed by atoms with Crippen LogP contribution in [0.15, 0.2) is 76.8 Å². The first-order chi connectivity index (χ1) is 19.0. The molecule has 2 aromatic carbocycles. The van der Waals surface area contributed by atoms with Gasteiger partial charge in [-0.3, -0.25) is 19.6 Å². The number of methoxy groups -OCH3 is 1. The fourth-order valence-electron chi connectivity index (χ4n) is 6.16. The van der Waals surface area contributed by atoms with Crippen LogP contribution in [-0.4, -0.2) is 52.9 Å². The Labute approximate surface area is 237 Å². The molecule has 0 saturated carbocycles. The summed E-state index contributed by atoms with van der Waals surface area (Å²) in [5.74, 6) is 0.364. The zero-order valence-electron chi connectivity index (χ0n) is 22.9. The number of hydrogen-bond acceptors (Lipinski definition) is 5. The van der Waals surface area contributed by atoms with E-state index < -0.39 is 23.1 Å². The molecule has 0 spiro atoms. The molecule has 1 aliphatic carbocycles. The second-order valence-corrected chi connectivity index (χ2v) is 11.5. The average Bonchev–Trinajstić information content (AvgIpc) is 3.32. The van der Waals surface area contributed by atoms with Crippen LogP contribution in [0.25, 0.3) is 0 Å². The lowest BCUT2D eigenvalue weighted by Crippen LogP contribution is -2.66. The van der Waals surface area contributed by atoms with E-state index >= 15 is 0 Å². The molecule has 8 nitrogen and oxygen atoms in total. The van der Waals surface area contributed by atoms with Gasteiger partial charge in [-0.2, -0.15) is 0 Å². The summed E-state index contributed by atoms with van der Waals surface area (Å²) in [6, 6.07) is 11.9. The van der Waals surface area contributed by atoms with Crippen molar-refractivity contribution < 1.29 is 23.5 Å². The van der Waals surface area contributed by atoms with Gasteiger partial charge >= 0.3 is 6.03 Å². The van der Waals surface area contributed by atoms with E-state index in [0.717, 1.165) is 11.1 Å². The number of fused-ring (bicyclic) bond motifs is 2. The number of amidine groups is 1. The van der Waals surface area contributed by atoms with E-state index in [1.165, 1.54) is 17.0 Å². The summed E-state index contributed by atoms with van der Waals surface area (Å²) < 4.78 is 26.3. The van der Waals surface area contributed by atoms with E-state index in [2.05, 4.69) is 5.32 Å². The SMILES string of the molecule is COC1(C)C=C(OC(C)C)C2(C)C3=NC(c4ccc(F)cc4)C(c4ccc(Cl)cc4)N3C(=O)N3CC(=O)NC1=C32. The van der Waals surface area contributed by atoms with Crippen molar-refractivity contribution >= 4 is 29.4 Å². The van der Waals surface area contributed by atoms with E-state index in [4.69, 9.17) is 26.1 Å². The van der Waals surface area contributed by atoms with Crippen LogP contribution in [-0.2, 0) is 14.3 Å². The summed E-state index contributed by atoms with van der Waals surface area (Å²) in [5.41, 5.74) is 0.503. The van der Waals surface area contributed by atoms with E-state index in [9.17, 15) is 14.0 Å². The Bertz CT molecular complexity index is 1500. The number of carbonyl (C=O) groups excluding carboxylic acids is 2. The molecule has 0 bridgehead atoms. The molecule has 208 valence electrons. The van der Waals surface area contributed by atoms with Crippen LogP contribution in [0, 0.1) is 11.2 Å². The molecule has 3 heterocycles. The third-order valence-electron chi connectivity index (χ3n) is 8.10. The highest BCUT2D eigenvalue weighted by Crippen LogP contribution is 2.57. The predicted octanol–water partition coefficient (Wildman–Crippen LogP) is 5.49. The summed E-state index contributed by atoms with van der Waals surface area (Å²) in [6.45, 7) is 7.48. The van der Waals surface area contributed by atoms with Gasteiger partial charge < -0.3 is 14.8 Å². The molecule has 1 saturated heterocycles. The number of halogens is 2. The number of aliphatic imine (C=N–C) groups is 1. The smallest absolute Gasteiger partial charge is 0.330 e. The molecule has 2 aromatic rings. The first-order valence-electron chi connectivity index (χ1n) is 13.2. The monoisotopic (exact) mass is 564 g/mol. The first kappa shape index (κ1) is 26.5. The Balaban J connectivity index is 1.63. The Morgan fingerprint density at radius 2 is 1.73 bits per heavy atom. The van der Waals surface area contributed by atoms with Crippen molar-refractivity contribution in [3.63, 3.8) is 0 Å². The number of nitrogens with one attached hydrogen (secondary N) is 1. The second-order valence-electron chi connectivity index (χ2n) is 11.1. The third-order valence-corrected chi connectivity index (χ3v) is 8.35. The molecular weight excluding hydrogens is 535 g/mol. The van der Waals surface area contributed by atoms with Crippen molar-refractivity contribution in [2.24, 2.45) is 10.4 Å². The first-order valence-corrected chi connectivity index (χ1v) is 13.6. The maximum absolute atomic E-state index is 14.4. The largest absolute Gasteiger partial charge is 0.494 e. The summed E-state index contributed by atoms with van der Waals surface area (Å²) in [4.78, 5) is 35.8. The Morgan fingerprint density at radius 1 is 1.07 bits per heavy atom. The lowest BCUT2D eigenvalue weighted by molar-refractivity contribution is -0.123. The number of carbonyl (C=O) groups is 2. The molecule has 4 unspecified atom stereocenters. The molecule has 4 aliphatic rings. The number of amides is 3. The van der Waals surface area contributed by atoms with Crippen molar-refractivity contribution in [1.82, 2.24) is 15.1 Å². The third kappa shape index (κ3) is 3.78. The molecule has 0 aromatic heterocycles. The van der Waals surface area contributed by atoms with Crippen LogP contribution in [0.5, 0.6) is 0 Å². The zero-order chi connectivity index (χ0) is 28.6. The van der Waals surface area contributed by atoms with Crippen molar-refractivity contribution in [3.05, 3.63) is 93.7 Å². The van der Waals surface area contributed by atoms with E-state index in [-0.39, 0.29) is 30.4 Å². The van der Waals surface area contributed by atoms with Crippen LogP contribution >= 0.6 is 11.6 Å². The molecule has 3 amide bonds. The highest BCUT2D eigenvalue weighted by molar-refractivity contribution is 6.30. The van der Waals surface area contributed by atoms with Crippen molar-refractivity contribution in [1.29, 1.82) is 0 Å². The molecule has 3 aliphatic heterocycles. The predicted molar refractivity (Wildman–Crippen MR) is 148 cm³/mol. The summed E-state index contributed by atoms with van der Waals surface area (Å²) >= 11 is 6.22. The van der Waals surface area contributed by atoms with Crippen LogP contribution in [0.2, 0.25) is 5.02 Å². The fourth-order valence-corrected chi connectivity index (χ4v) is 6.29. The molecule has 0 radical (unpaired) electrons. The lowest BCUT2D eigenvalue weighted by Gasteiger charge is -2.54. The Kier molecular flexibility index (Phi) is 6.08. The van der Waals surface area contributed by atoms with E-state index in [1.54, 1.807) is 36.3 Å². The minimum Gasteiger partial charge on any atom is -0.494 e. The van der Waals surface area contributed by atoms with Gasteiger partial charge in [0.05, 0.1) is 23.5 Å². The molecule has 10 heteroatoms. The van der Waals surface area contributed by atoms with Gasteiger partial charge in [0.15, 0.2) is 0 Å². The number of benzene rings is 2. The molecule has 40 heavy (non-hydrogen) atoms. The molecule has 6 rings (SSSR count). The van der Waals surface area contributed by atoms with Crippen molar-refractivity contribution in [3.8, 4) is 0 Å². The quantitative estimate of drug-likeness (QED) is 0.521. The second kappa shape index (κ2) is 9.17. The van der Waals surface area contributed by atoms with Gasteiger partial charge in [-0.1, -0.05) is 35.9 Å². The minimum absolute atomic E-state index is 0.166. The van der Waals surface area contributed by atoms with E-state index in [0.29, 0.717) is 28.0 Å². The normalized spacial score (nSPS) is 29.2. The summed E-state index contributed by atoms with van der Waals surface area (Å²) in [7, 11) is 1.55. The van der Waals surface area contributed by atoms with Crippen LogP contribution in [0.4, 0.5) is 9.18 Å². The van der Waals surface area contributed by atoms with Crippen LogP contribution in [0.3, 0.4) is 0 Å². The highest BCUT2D eigenvalue weighted by atomic mass is 35.5. The van der Waals surface area contributed by atoms with Crippen molar-refractivity contribution in [2.75, 3.05) is 13.7 Å². The highest BCUT2D eigenvalue weighted by Gasteiger charge is 2.63. The zero-order valence-corrected chi connectivity index (χ0v) is 23.6. The number of urea groups is 1. The van der Waals surface area contributed by atoms with Crippen LogP contribution in [0.1, 0.15) is 50.9 Å². The summed E-state index contributed by atoms with van der Waals surface area (Å²) in [5, 5.41) is 3.54. The summed E-state index contributed by atoms with van der Waals surface area (Å²) in [6.07, 6.45) is 1.67. The van der Waals surface area contributed by atoms with Crippen LogP contribution < -0.4 is 5.32 Å². The molecule has 1 N–H and O–H groups in total.